The third-order valence-electron chi connectivity index (χ3n) is 3.94. The van der Waals surface area contributed by atoms with Gasteiger partial charge in [-0.05, 0) is 50.7 Å². The summed E-state index contributed by atoms with van der Waals surface area (Å²) in [6, 6.07) is 6.34. The van der Waals surface area contributed by atoms with Crippen LogP contribution in [-0.2, 0) is 4.79 Å². The van der Waals surface area contributed by atoms with E-state index >= 15 is 0 Å². The highest BCUT2D eigenvalue weighted by atomic mass is 19.2. The molecule has 0 aliphatic carbocycles. The molecule has 2 heterocycles. The number of likely N-dealkylation sites (N-methyl/N-ethyl adjacent to an activating group) is 1. The molecule has 1 aromatic carbocycles. The second-order valence-corrected chi connectivity index (χ2v) is 5.69. The van der Waals surface area contributed by atoms with Crippen molar-refractivity contribution in [2.24, 2.45) is 0 Å². The largest absolute Gasteiger partial charge is 0.456 e. The van der Waals surface area contributed by atoms with Crippen LogP contribution in [0.25, 0.3) is 0 Å². The average molecular weight is 333 g/mol. The lowest BCUT2D eigenvalue weighted by Gasteiger charge is -2.18. The standard InChI is InChI=1S/C17H17F2N3O2/c1-22-8-2-3-15(22)17(23)21-16-7-5-12(10-20-16)24-11-4-6-13(18)14(19)9-11/h4-7,9-10,15H,2-3,8H2,1H3,(H,20,21,23)/t15-/m1/s1. The number of carbonyl (C=O) groups excluding carboxylic acids is 1. The number of hydrogen-bond acceptors (Lipinski definition) is 4. The molecule has 0 spiro atoms. The van der Waals surface area contributed by atoms with Crippen LogP contribution >= 0.6 is 0 Å². The number of ether oxygens (including phenoxy) is 1. The molecule has 0 bridgehead atoms. The van der Waals surface area contributed by atoms with Crippen molar-refractivity contribution in [2.45, 2.75) is 18.9 Å². The van der Waals surface area contributed by atoms with E-state index in [9.17, 15) is 13.6 Å². The van der Waals surface area contributed by atoms with Gasteiger partial charge in [0.05, 0.1) is 12.2 Å². The molecule has 1 aromatic heterocycles. The molecular weight excluding hydrogens is 316 g/mol. The number of amides is 1. The molecule has 1 aliphatic heterocycles. The van der Waals surface area contributed by atoms with Crippen LogP contribution < -0.4 is 10.1 Å². The quantitative estimate of drug-likeness (QED) is 0.934. The van der Waals surface area contributed by atoms with E-state index < -0.39 is 11.6 Å². The lowest BCUT2D eigenvalue weighted by atomic mass is 10.2. The summed E-state index contributed by atoms with van der Waals surface area (Å²) >= 11 is 0. The van der Waals surface area contributed by atoms with Crippen molar-refractivity contribution >= 4 is 11.7 Å². The Morgan fingerprint density at radius 1 is 1.25 bits per heavy atom. The SMILES string of the molecule is CN1CCC[C@@H]1C(=O)Nc1ccc(Oc2ccc(F)c(F)c2)cn1. The maximum absolute atomic E-state index is 13.1. The van der Waals surface area contributed by atoms with Crippen molar-refractivity contribution in [1.82, 2.24) is 9.88 Å². The molecule has 0 saturated carbocycles. The molecule has 24 heavy (non-hydrogen) atoms. The molecule has 1 amide bonds. The van der Waals surface area contributed by atoms with Crippen molar-refractivity contribution in [3.63, 3.8) is 0 Å². The molecule has 5 nitrogen and oxygen atoms in total. The van der Waals surface area contributed by atoms with E-state index in [2.05, 4.69) is 10.3 Å². The molecule has 1 aliphatic rings. The summed E-state index contributed by atoms with van der Waals surface area (Å²) in [5.74, 6) is -1.06. The Morgan fingerprint density at radius 3 is 2.67 bits per heavy atom. The molecule has 3 rings (SSSR count). The van der Waals surface area contributed by atoms with E-state index in [0.717, 1.165) is 31.5 Å². The predicted molar refractivity (Wildman–Crippen MR) is 85.0 cm³/mol. The van der Waals surface area contributed by atoms with Gasteiger partial charge in [0.2, 0.25) is 5.91 Å². The number of likely N-dealkylation sites (tertiary alicyclic amines) is 1. The van der Waals surface area contributed by atoms with Gasteiger partial charge >= 0.3 is 0 Å². The first-order chi connectivity index (χ1) is 11.5. The van der Waals surface area contributed by atoms with E-state index in [-0.39, 0.29) is 17.7 Å². The fourth-order valence-electron chi connectivity index (χ4n) is 2.64. The summed E-state index contributed by atoms with van der Waals surface area (Å²) in [6.45, 7) is 0.909. The van der Waals surface area contributed by atoms with Crippen LogP contribution in [0.4, 0.5) is 14.6 Å². The van der Waals surface area contributed by atoms with Gasteiger partial charge in [-0.3, -0.25) is 9.69 Å². The summed E-state index contributed by atoms with van der Waals surface area (Å²) in [4.78, 5) is 18.3. The van der Waals surface area contributed by atoms with Gasteiger partial charge in [-0.1, -0.05) is 0 Å². The number of nitrogens with zero attached hydrogens (tertiary/aromatic N) is 2. The van der Waals surface area contributed by atoms with Gasteiger partial charge in [-0.2, -0.15) is 0 Å². The van der Waals surface area contributed by atoms with Gasteiger partial charge in [0.15, 0.2) is 11.6 Å². The van der Waals surface area contributed by atoms with Crippen LogP contribution in [-0.4, -0.2) is 35.4 Å². The summed E-state index contributed by atoms with van der Waals surface area (Å²) in [6.07, 6.45) is 3.25. The van der Waals surface area contributed by atoms with Crippen LogP contribution in [0.3, 0.4) is 0 Å². The van der Waals surface area contributed by atoms with Gasteiger partial charge in [0, 0.05) is 6.07 Å². The maximum Gasteiger partial charge on any atom is 0.242 e. The molecule has 1 N–H and O–H groups in total. The Balaban J connectivity index is 1.62. The molecule has 0 unspecified atom stereocenters. The Morgan fingerprint density at radius 2 is 2.04 bits per heavy atom. The van der Waals surface area contributed by atoms with E-state index in [1.54, 1.807) is 12.1 Å². The lowest BCUT2D eigenvalue weighted by molar-refractivity contribution is -0.119. The zero-order valence-electron chi connectivity index (χ0n) is 13.1. The normalized spacial score (nSPS) is 17.7. The van der Waals surface area contributed by atoms with Gasteiger partial charge < -0.3 is 10.1 Å². The van der Waals surface area contributed by atoms with Gasteiger partial charge in [-0.15, -0.1) is 0 Å². The zero-order valence-corrected chi connectivity index (χ0v) is 13.1. The molecule has 1 fully saturated rings. The minimum absolute atomic E-state index is 0.0863. The first-order valence-corrected chi connectivity index (χ1v) is 7.63. The van der Waals surface area contributed by atoms with E-state index in [1.165, 1.54) is 12.3 Å². The zero-order chi connectivity index (χ0) is 17.1. The highest BCUT2D eigenvalue weighted by Gasteiger charge is 2.27. The highest BCUT2D eigenvalue weighted by Crippen LogP contribution is 2.23. The predicted octanol–water partition coefficient (Wildman–Crippen LogP) is 3.18. The molecular formula is C17H17F2N3O2. The van der Waals surface area contributed by atoms with Crippen molar-refractivity contribution < 1.29 is 18.3 Å². The number of rotatable bonds is 4. The van der Waals surface area contributed by atoms with E-state index in [1.807, 2.05) is 11.9 Å². The Kier molecular flexibility index (Phi) is 4.71. The lowest BCUT2D eigenvalue weighted by Crippen LogP contribution is -2.37. The van der Waals surface area contributed by atoms with Crippen molar-refractivity contribution in [3.8, 4) is 11.5 Å². The Hall–Kier alpha value is -2.54. The number of carbonyl (C=O) groups is 1. The van der Waals surface area contributed by atoms with E-state index in [4.69, 9.17) is 4.74 Å². The first kappa shape index (κ1) is 16.3. The van der Waals surface area contributed by atoms with Crippen molar-refractivity contribution in [3.05, 3.63) is 48.2 Å². The number of benzene rings is 1. The fraction of sp³-hybridized carbons (Fsp3) is 0.294. The van der Waals surface area contributed by atoms with Crippen molar-refractivity contribution in [1.29, 1.82) is 0 Å². The number of aromatic nitrogens is 1. The second kappa shape index (κ2) is 6.92. The molecule has 126 valence electrons. The van der Waals surface area contributed by atoms with Gasteiger partial charge in [0.25, 0.3) is 0 Å². The molecule has 1 saturated heterocycles. The molecule has 0 radical (unpaired) electrons. The minimum Gasteiger partial charge on any atom is -0.456 e. The van der Waals surface area contributed by atoms with Crippen LogP contribution in [0.2, 0.25) is 0 Å². The summed E-state index contributed by atoms with van der Waals surface area (Å²) < 4.78 is 31.4. The number of anilines is 1. The Bertz CT molecular complexity index is 737. The minimum atomic E-state index is -0.981. The highest BCUT2D eigenvalue weighted by molar-refractivity contribution is 5.94. The monoisotopic (exact) mass is 333 g/mol. The van der Waals surface area contributed by atoms with Crippen LogP contribution in [0.1, 0.15) is 12.8 Å². The Labute approximate surface area is 138 Å². The molecule has 1 atom stereocenters. The molecule has 7 heteroatoms. The number of halogens is 2. The summed E-state index contributed by atoms with van der Waals surface area (Å²) in [5, 5.41) is 2.77. The number of pyridine rings is 1. The number of hydrogen-bond donors (Lipinski definition) is 1. The second-order valence-electron chi connectivity index (χ2n) is 5.69. The summed E-state index contributed by atoms with van der Waals surface area (Å²) in [5.41, 5.74) is 0. The third kappa shape index (κ3) is 3.68. The van der Waals surface area contributed by atoms with E-state index in [0.29, 0.717) is 11.6 Å². The third-order valence-corrected chi connectivity index (χ3v) is 3.94. The maximum atomic E-state index is 13.1. The topological polar surface area (TPSA) is 54.5 Å². The van der Waals surface area contributed by atoms with Crippen LogP contribution in [0.5, 0.6) is 11.5 Å². The van der Waals surface area contributed by atoms with Gasteiger partial charge in [0.1, 0.15) is 17.3 Å². The van der Waals surface area contributed by atoms with Gasteiger partial charge in [-0.25, -0.2) is 13.8 Å². The molecule has 2 aromatic rings. The fourth-order valence-corrected chi connectivity index (χ4v) is 2.64. The van der Waals surface area contributed by atoms with Crippen molar-refractivity contribution in [2.75, 3.05) is 18.9 Å². The summed E-state index contributed by atoms with van der Waals surface area (Å²) in [7, 11) is 1.92. The first-order valence-electron chi connectivity index (χ1n) is 7.63. The smallest absolute Gasteiger partial charge is 0.242 e. The van der Waals surface area contributed by atoms with Crippen LogP contribution in [0, 0.1) is 11.6 Å². The average Bonchev–Trinajstić information content (AvgIpc) is 2.99. The number of nitrogens with one attached hydrogen (secondary N) is 1. The van der Waals surface area contributed by atoms with Crippen LogP contribution in [0.15, 0.2) is 36.5 Å².